The summed E-state index contributed by atoms with van der Waals surface area (Å²) < 4.78 is 54.6. The Labute approximate surface area is 149 Å². The topological polar surface area (TPSA) is 83.5 Å². The maximum atomic E-state index is 12.6. The molecular formula is C17H24N2O4S2. The van der Waals surface area contributed by atoms with E-state index in [-0.39, 0.29) is 15.8 Å². The molecule has 1 N–H and O–H groups in total. The van der Waals surface area contributed by atoms with Crippen LogP contribution >= 0.6 is 0 Å². The predicted molar refractivity (Wildman–Crippen MR) is 94.0 cm³/mol. The highest BCUT2D eigenvalue weighted by atomic mass is 32.2. The Kier molecular flexibility index (Phi) is 4.42. The molecule has 1 aromatic rings. The van der Waals surface area contributed by atoms with E-state index in [2.05, 4.69) is 4.72 Å². The zero-order valence-electron chi connectivity index (χ0n) is 14.1. The number of hydrogen-bond acceptors (Lipinski definition) is 4. The Morgan fingerprint density at radius 1 is 0.880 bits per heavy atom. The summed E-state index contributed by atoms with van der Waals surface area (Å²) in [7, 11) is -7.12. The quantitative estimate of drug-likeness (QED) is 0.841. The number of rotatable bonds is 5. The summed E-state index contributed by atoms with van der Waals surface area (Å²) >= 11 is 0. The van der Waals surface area contributed by atoms with Crippen LogP contribution in [-0.4, -0.2) is 40.3 Å². The molecule has 138 valence electrons. The number of nitrogens with zero attached hydrogens (tertiary/aromatic N) is 1. The first-order valence-corrected chi connectivity index (χ1v) is 11.9. The molecule has 1 aromatic carbocycles. The lowest BCUT2D eigenvalue weighted by molar-refractivity contribution is 0.390. The van der Waals surface area contributed by atoms with Gasteiger partial charge in [-0.05, 0) is 68.2 Å². The largest absolute Gasteiger partial charge is 0.243 e. The van der Waals surface area contributed by atoms with Gasteiger partial charge in [0, 0.05) is 19.1 Å². The molecule has 1 heterocycles. The third-order valence-electron chi connectivity index (χ3n) is 5.88. The molecule has 8 heteroatoms. The highest BCUT2D eigenvalue weighted by Crippen LogP contribution is 2.44. The van der Waals surface area contributed by atoms with Crippen LogP contribution in [0.15, 0.2) is 34.1 Å². The van der Waals surface area contributed by atoms with Gasteiger partial charge in [-0.2, -0.15) is 4.31 Å². The number of hydrogen-bond donors (Lipinski definition) is 1. The average Bonchev–Trinajstić information content (AvgIpc) is 3.32. The van der Waals surface area contributed by atoms with Gasteiger partial charge in [0.1, 0.15) is 0 Å². The van der Waals surface area contributed by atoms with E-state index < -0.39 is 20.0 Å². The molecule has 0 spiro atoms. The number of sulfonamides is 2. The van der Waals surface area contributed by atoms with E-state index >= 15 is 0 Å². The maximum absolute atomic E-state index is 12.6. The Bertz CT molecular complexity index is 843. The van der Waals surface area contributed by atoms with Crippen LogP contribution < -0.4 is 4.72 Å². The van der Waals surface area contributed by atoms with Gasteiger partial charge in [0.2, 0.25) is 20.0 Å². The van der Waals surface area contributed by atoms with Crippen molar-refractivity contribution in [3.63, 3.8) is 0 Å². The first-order valence-electron chi connectivity index (χ1n) is 8.99. The van der Waals surface area contributed by atoms with Gasteiger partial charge in [-0.1, -0.05) is 6.42 Å². The predicted octanol–water partition coefficient (Wildman–Crippen LogP) is 1.94. The standard InChI is InChI=1S/C17H24N2O4S2/c20-24(21,18-17-12-13-3-4-14(17)11-13)15-5-7-16(8-6-15)25(22,23)19-9-1-2-10-19/h5-8,13-14,17-18H,1-4,9-12H2/t13-,14+,17-/m0/s1. The molecule has 3 aliphatic rings. The molecule has 0 unspecified atom stereocenters. The molecule has 3 fully saturated rings. The van der Waals surface area contributed by atoms with Crippen LogP contribution in [0, 0.1) is 11.8 Å². The number of fused-ring (bicyclic) bond motifs is 2. The van der Waals surface area contributed by atoms with Gasteiger partial charge >= 0.3 is 0 Å². The smallest absolute Gasteiger partial charge is 0.208 e. The molecule has 2 aliphatic carbocycles. The number of nitrogens with one attached hydrogen (secondary N) is 1. The molecule has 0 amide bonds. The highest BCUT2D eigenvalue weighted by Gasteiger charge is 2.41. The molecule has 1 saturated heterocycles. The zero-order chi connectivity index (χ0) is 17.7. The summed E-state index contributed by atoms with van der Waals surface area (Å²) in [6, 6.07) is 5.64. The lowest BCUT2D eigenvalue weighted by Crippen LogP contribution is -2.38. The second-order valence-electron chi connectivity index (χ2n) is 7.49. The van der Waals surface area contributed by atoms with Crippen LogP contribution in [-0.2, 0) is 20.0 Å². The van der Waals surface area contributed by atoms with Crippen molar-refractivity contribution >= 4 is 20.0 Å². The van der Waals surface area contributed by atoms with Crippen molar-refractivity contribution in [2.75, 3.05) is 13.1 Å². The van der Waals surface area contributed by atoms with Crippen LogP contribution in [0.2, 0.25) is 0 Å². The lowest BCUT2D eigenvalue weighted by atomic mass is 9.96. The van der Waals surface area contributed by atoms with Gasteiger partial charge in [0.15, 0.2) is 0 Å². The highest BCUT2D eigenvalue weighted by molar-refractivity contribution is 7.89. The third-order valence-corrected chi connectivity index (χ3v) is 9.30. The van der Waals surface area contributed by atoms with E-state index in [1.54, 1.807) is 0 Å². The summed E-state index contributed by atoms with van der Waals surface area (Å²) in [5.41, 5.74) is 0. The van der Waals surface area contributed by atoms with Crippen molar-refractivity contribution in [1.29, 1.82) is 0 Å². The lowest BCUT2D eigenvalue weighted by Gasteiger charge is -2.22. The van der Waals surface area contributed by atoms with Gasteiger partial charge in [0.05, 0.1) is 9.79 Å². The molecule has 3 atom stereocenters. The summed E-state index contributed by atoms with van der Waals surface area (Å²) in [4.78, 5) is 0.295. The van der Waals surface area contributed by atoms with Gasteiger partial charge in [0.25, 0.3) is 0 Å². The van der Waals surface area contributed by atoms with Gasteiger partial charge < -0.3 is 0 Å². The Morgan fingerprint density at radius 2 is 1.52 bits per heavy atom. The first kappa shape index (κ1) is 17.5. The summed E-state index contributed by atoms with van der Waals surface area (Å²) in [6.07, 6.45) is 6.11. The van der Waals surface area contributed by atoms with Gasteiger partial charge in [-0.3, -0.25) is 0 Å². The Hall–Kier alpha value is -0.960. The van der Waals surface area contributed by atoms with Crippen LogP contribution in [0.25, 0.3) is 0 Å². The molecular weight excluding hydrogens is 360 g/mol. The molecule has 4 rings (SSSR count). The second kappa shape index (κ2) is 6.33. The summed E-state index contributed by atoms with van der Waals surface area (Å²) in [5, 5.41) is 0. The fraction of sp³-hybridized carbons (Fsp3) is 0.647. The molecule has 2 saturated carbocycles. The van der Waals surface area contributed by atoms with Crippen molar-refractivity contribution in [3.05, 3.63) is 24.3 Å². The fourth-order valence-electron chi connectivity index (χ4n) is 4.52. The minimum atomic E-state index is -3.61. The van der Waals surface area contributed by atoms with Gasteiger partial charge in [-0.15, -0.1) is 0 Å². The SMILES string of the molecule is O=S(=O)(N[C@H]1C[C@H]2CC[C@@H]1C2)c1ccc(S(=O)(=O)N2CCCC2)cc1. The second-order valence-corrected chi connectivity index (χ2v) is 11.1. The van der Waals surface area contributed by atoms with E-state index in [1.165, 1.54) is 35.0 Å². The van der Waals surface area contributed by atoms with Crippen molar-refractivity contribution < 1.29 is 16.8 Å². The fourth-order valence-corrected chi connectivity index (χ4v) is 7.36. The first-order chi connectivity index (χ1) is 11.9. The summed E-state index contributed by atoms with van der Waals surface area (Å²) in [5.74, 6) is 1.11. The molecule has 0 aromatic heterocycles. The molecule has 1 aliphatic heterocycles. The minimum Gasteiger partial charge on any atom is -0.208 e. The van der Waals surface area contributed by atoms with Crippen LogP contribution in [0.5, 0.6) is 0 Å². The normalized spacial score (nSPS) is 30.2. The van der Waals surface area contributed by atoms with Crippen molar-refractivity contribution in [2.24, 2.45) is 11.8 Å². The van der Waals surface area contributed by atoms with Crippen LogP contribution in [0.1, 0.15) is 38.5 Å². The van der Waals surface area contributed by atoms with Crippen molar-refractivity contribution in [3.8, 4) is 0 Å². The number of benzene rings is 1. The Balaban J connectivity index is 1.51. The average molecular weight is 385 g/mol. The zero-order valence-corrected chi connectivity index (χ0v) is 15.7. The van der Waals surface area contributed by atoms with E-state index in [1.807, 2.05) is 0 Å². The van der Waals surface area contributed by atoms with Gasteiger partial charge in [-0.25, -0.2) is 21.6 Å². The Morgan fingerprint density at radius 3 is 2.08 bits per heavy atom. The van der Waals surface area contributed by atoms with E-state index in [4.69, 9.17) is 0 Å². The van der Waals surface area contributed by atoms with E-state index in [9.17, 15) is 16.8 Å². The van der Waals surface area contributed by atoms with E-state index in [0.717, 1.165) is 32.1 Å². The maximum Gasteiger partial charge on any atom is 0.243 e. The molecule has 2 bridgehead atoms. The van der Waals surface area contributed by atoms with Crippen molar-refractivity contribution in [1.82, 2.24) is 9.03 Å². The monoisotopic (exact) mass is 384 g/mol. The summed E-state index contributed by atoms with van der Waals surface area (Å²) in [6.45, 7) is 1.07. The molecule has 6 nitrogen and oxygen atoms in total. The third kappa shape index (κ3) is 3.25. The van der Waals surface area contributed by atoms with Crippen LogP contribution in [0.3, 0.4) is 0 Å². The minimum absolute atomic E-state index is 0.0248. The van der Waals surface area contributed by atoms with Crippen molar-refractivity contribution in [2.45, 2.75) is 54.4 Å². The molecule has 0 radical (unpaired) electrons. The van der Waals surface area contributed by atoms with E-state index in [0.29, 0.717) is 24.9 Å². The van der Waals surface area contributed by atoms with Crippen LogP contribution in [0.4, 0.5) is 0 Å². The molecule has 25 heavy (non-hydrogen) atoms.